The molecule has 3 nitrogen and oxygen atoms in total. The fourth-order valence-electron chi connectivity index (χ4n) is 2.73. The third kappa shape index (κ3) is 2.73. The van der Waals surface area contributed by atoms with Crippen LogP contribution in [0.1, 0.15) is 42.4 Å². The van der Waals surface area contributed by atoms with Crippen LogP contribution >= 0.6 is 0 Å². The van der Waals surface area contributed by atoms with Gasteiger partial charge in [0.1, 0.15) is 17.3 Å². The number of aryl methyl sites for hydroxylation is 1. The van der Waals surface area contributed by atoms with Crippen LogP contribution in [-0.2, 0) is 0 Å². The van der Waals surface area contributed by atoms with Crippen LogP contribution < -0.4 is 10.1 Å². The Hall–Kier alpha value is -1.74. The fourth-order valence-corrected chi connectivity index (χ4v) is 2.73. The minimum Gasteiger partial charge on any atom is -0.493 e. The van der Waals surface area contributed by atoms with Gasteiger partial charge < -0.3 is 14.5 Å². The van der Waals surface area contributed by atoms with E-state index in [1.807, 2.05) is 25.1 Å². The number of benzene rings is 1. The van der Waals surface area contributed by atoms with E-state index in [0.717, 1.165) is 36.8 Å². The highest BCUT2D eigenvalue weighted by molar-refractivity contribution is 5.37. The first-order valence-electron chi connectivity index (χ1n) is 7.25. The van der Waals surface area contributed by atoms with Gasteiger partial charge in [-0.15, -0.1) is 0 Å². The van der Waals surface area contributed by atoms with Crippen LogP contribution in [0.4, 0.5) is 0 Å². The molecule has 2 atom stereocenters. The first-order chi connectivity index (χ1) is 9.74. The van der Waals surface area contributed by atoms with E-state index in [-0.39, 0.29) is 6.04 Å². The lowest BCUT2D eigenvalue weighted by Crippen LogP contribution is -2.27. The lowest BCUT2D eigenvalue weighted by atomic mass is 9.93. The number of rotatable bonds is 4. The van der Waals surface area contributed by atoms with E-state index in [1.54, 1.807) is 0 Å². The molecule has 106 valence electrons. The van der Waals surface area contributed by atoms with Crippen molar-refractivity contribution in [2.75, 3.05) is 13.2 Å². The molecule has 2 heterocycles. The maximum Gasteiger partial charge on any atom is 0.122 e. The van der Waals surface area contributed by atoms with Crippen molar-refractivity contribution < 1.29 is 9.15 Å². The Morgan fingerprint density at radius 2 is 2.10 bits per heavy atom. The Morgan fingerprint density at radius 1 is 1.25 bits per heavy atom. The summed E-state index contributed by atoms with van der Waals surface area (Å²) in [5, 5.41) is 3.57. The minimum absolute atomic E-state index is 0.235. The van der Waals surface area contributed by atoms with E-state index < -0.39 is 0 Å². The third-order valence-electron chi connectivity index (χ3n) is 3.94. The van der Waals surface area contributed by atoms with Gasteiger partial charge in [0.05, 0.1) is 12.6 Å². The van der Waals surface area contributed by atoms with Gasteiger partial charge in [0, 0.05) is 12.5 Å². The summed E-state index contributed by atoms with van der Waals surface area (Å²) in [4.78, 5) is 0. The summed E-state index contributed by atoms with van der Waals surface area (Å²) >= 11 is 0. The summed E-state index contributed by atoms with van der Waals surface area (Å²) in [5.74, 6) is 3.51. The molecular weight excluding hydrogens is 250 g/mol. The molecule has 0 fully saturated rings. The zero-order chi connectivity index (χ0) is 13.9. The second-order valence-electron chi connectivity index (χ2n) is 5.45. The van der Waals surface area contributed by atoms with Crippen molar-refractivity contribution in [3.63, 3.8) is 0 Å². The van der Waals surface area contributed by atoms with Crippen LogP contribution in [0.15, 0.2) is 40.8 Å². The third-order valence-corrected chi connectivity index (χ3v) is 3.94. The van der Waals surface area contributed by atoms with E-state index in [2.05, 4.69) is 30.4 Å². The van der Waals surface area contributed by atoms with Gasteiger partial charge in [-0.05, 0) is 44.0 Å². The standard InChI is InChI=1S/C17H21NO2/c1-12-7-8-16(20-12)13(2)18-11-14-9-10-19-17-6-4-3-5-15(14)17/h3-8,13-14,18H,9-11H2,1-2H3. The molecule has 0 bridgehead atoms. The number of fused-ring (bicyclic) bond motifs is 1. The molecule has 20 heavy (non-hydrogen) atoms. The van der Waals surface area contributed by atoms with Crippen LogP contribution in [0.3, 0.4) is 0 Å². The molecule has 1 aliphatic heterocycles. The molecule has 1 aromatic heterocycles. The first-order valence-corrected chi connectivity index (χ1v) is 7.25. The molecular formula is C17H21NO2. The molecule has 3 heteroatoms. The molecule has 0 radical (unpaired) electrons. The van der Waals surface area contributed by atoms with E-state index in [9.17, 15) is 0 Å². The average molecular weight is 271 g/mol. The lowest BCUT2D eigenvalue weighted by Gasteiger charge is -2.27. The van der Waals surface area contributed by atoms with Crippen molar-refractivity contribution in [2.45, 2.75) is 32.2 Å². The second kappa shape index (κ2) is 5.71. The smallest absolute Gasteiger partial charge is 0.122 e. The number of furan rings is 1. The van der Waals surface area contributed by atoms with Crippen molar-refractivity contribution >= 4 is 0 Å². The fraction of sp³-hybridized carbons (Fsp3) is 0.412. The molecule has 1 aliphatic rings. The zero-order valence-corrected chi connectivity index (χ0v) is 12.1. The predicted molar refractivity (Wildman–Crippen MR) is 79.2 cm³/mol. The lowest BCUT2D eigenvalue weighted by molar-refractivity contribution is 0.261. The number of nitrogens with one attached hydrogen (secondary N) is 1. The molecule has 0 aliphatic carbocycles. The minimum atomic E-state index is 0.235. The van der Waals surface area contributed by atoms with E-state index >= 15 is 0 Å². The molecule has 1 aromatic carbocycles. The Balaban J connectivity index is 1.65. The molecule has 2 unspecified atom stereocenters. The average Bonchev–Trinajstić information content (AvgIpc) is 2.91. The highest BCUT2D eigenvalue weighted by Gasteiger charge is 2.21. The summed E-state index contributed by atoms with van der Waals surface area (Å²) in [6.07, 6.45) is 1.06. The Kier molecular flexibility index (Phi) is 3.79. The van der Waals surface area contributed by atoms with Crippen molar-refractivity contribution in [2.24, 2.45) is 0 Å². The van der Waals surface area contributed by atoms with Gasteiger partial charge in [-0.25, -0.2) is 0 Å². The second-order valence-corrected chi connectivity index (χ2v) is 5.45. The van der Waals surface area contributed by atoms with Gasteiger partial charge in [0.15, 0.2) is 0 Å². The topological polar surface area (TPSA) is 34.4 Å². The SMILES string of the molecule is Cc1ccc(C(C)NCC2CCOc3ccccc32)o1. The van der Waals surface area contributed by atoms with Gasteiger partial charge >= 0.3 is 0 Å². The zero-order valence-electron chi connectivity index (χ0n) is 12.1. The van der Waals surface area contributed by atoms with Gasteiger partial charge in [0.25, 0.3) is 0 Å². The van der Waals surface area contributed by atoms with Gasteiger partial charge in [-0.1, -0.05) is 18.2 Å². The summed E-state index contributed by atoms with van der Waals surface area (Å²) in [6, 6.07) is 12.6. The normalized spacial score (nSPS) is 19.2. The number of para-hydroxylation sites is 1. The quantitative estimate of drug-likeness (QED) is 0.918. The van der Waals surface area contributed by atoms with Crippen LogP contribution in [-0.4, -0.2) is 13.2 Å². The van der Waals surface area contributed by atoms with E-state index in [0.29, 0.717) is 5.92 Å². The van der Waals surface area contributed by atoms with Crippen molar-refractivity contribution in [1.82, 2.24) is 5.32 Å². The summed E-state index contributed by atoms with van der Waals surface area (Å²) in [5.41, 5.74) is 1.31. The van der Waals surface area contributed by atoms with E-state index in [1.165, 1.54) is 5.56 Å². The summed E-state index contributed by atoms with van der Waals surface area (Å²) in [7, 11) is 0. The Labute approximate surface area is 119 Å². The van der Waals surface area contributed by atoms with Crippen molar-refractivity contribution in [1.29, 1.82) is 0 Å². The van der Waals surface area contributed by atoms with Crippen LogP contribution in [0.2, 0.25) is 0 Å². The van der Waals surface area contributed by atoms with Crippen molar-refractivity contribution in [3.05, 3.63) is 53.5 Å². The number of hydrogen-bond acceptors (Lipinski definition) is 3. The van der Waals surface area contributed by atoms with Gasteiger partial charge in [-0.3, -0.25) is 0 Å². The van der Waals surface area contributed by atoms with E-state index in [4.69, 9.17) is 9.15 Å². The highest BCUT2D eigenvalue weighted by Crippen LogP contribution is 2.33. The highest BCUT2D eigenvalue weighted by atomic mass is 16.5. The molecule has 3 rings (SSSR count). The summed E-state index contributed by atoms with van der Waals surface area (Å²) < 4.78 is 11.4. The van der Waals surface area contributed by atoms with Crippen LogP contribution in [0, 0.1) is 6.92 Å². The van der Waals surface area contributed by atoms with Crippen LogP contribution in [0.25, 0.3) is 0 Å². The molecule has 2 aromatic rings. The molecule has 0 saturated carbocycles. The maximum absolute atomic E-state index is 5.70. The first kappa shape index (κ1) is 13.3. The molecule has 0 spiro atoms. The van der Waals surface area contributed by atoms with Gasteiger partial charge in [0.2, 0.25) is 0 Å². The number of ether oxygens (including phenoxy) is 1. The van der Waals surface area contributed by atoms with Crippen molar-refractivity contribution in [3.8, 4) is 5.75 Å². The molecule has 1 N–H and O–H groups in total. The summed E-state index contributed by atoms with van der Waals surface area (Å²) in [6.45, 7) is 5.87. The van der Waals surface area contributed by atoms with Crippen LogP contribution in [0.5, 0.6) is 5.75 Å². The Morgan fingerprint density at radius 3 is 2.90 bits per heavy atom. The number of hydrogen-bond donors (Lipinski definition) is 1. The largest absolute Gasteiger partial charge is 0.493 e. The Bertz CT molecular complexity index is 576. The molecule has 0 saturated heterocycles. The van der Waals surface area contributed by atoms with Gasteiger partial charge in [-0.2, -0.15) is 0 Å². The molecule has 0 amide bonds. The maximum atomic E-state index is 5.70. The predicted octanol–water partition coefficient (Wildman–Crippen LogP) is 3.80. The monoisotopic (exact) mass is 271 g/mol.